The van der Waals surface area contributed by atoms with Crippen molar-refractivity contribution in [2.75, 3.05) is 13.7 Å². The van der Waals surface area contributed by atoms with Crippen molar-refractivity contribution in [1.82, 2.24) is 0 Å². The first-order valence-corrected chi connectivity index (χ1v) is 12.5. The lowest BCUT2D eigenvalue weighted by atomic mass is 9.82. The third-order valence-electron chi connectivity index (χ3n) is 7.45. The first-order valence-electron chi connectivity index (χ1n) is 12.5. The second-order valence-corrected chi connectivity index (χ2v) is 9.84. The van der Waals surface area contributed by atoms with E-state index in [-0.39, 0.29) is 17.1 Å². The minimum Gasteiger partial charge on any atom is -0.504 e. The maximum atomic E-state index is 12.7. The molecule has 1 aliphatic carbocycles. The Morgan fingerprint density at radius 1 is 1.00 bits per heavy atom. The van der Waals surface area contributed by atoms with E-state index in [0.29, 0.717) is 5.56 Å². The Hall–Kier alpha value is -3.24. The van der Waals surface area contributed by atoms with E-state index in [4.69, 9.17) is 23.7 Å². The fourth-order valence-corrected chi connectivity index (χ4v) is 5.26. The van der Waals surface area contributed by atoms with Gasteiger partial charge in [0.05, 0.1) is 31.7 Å². The predicted octanol–water partition coefficient (Wildman–Crippen LogP) is -1.50. The zero-order valence-electron chi connectivity index (χ0n) is 21.5. The molecule has 14 heteroatoms. The number of aliphatic hydroxyl groups excluding tert-OH is 5. The fourth-order valence-electron chi connectivity index (χ4n) is 5.26. The largest absolute Gasteiger partial charge is 0.504 e. The lowest BCUT2D eigenvalue weighted by molar-refractivity contribution is -0.343. The standard InChI is InChI=1S/C26H32O14/c1-10-17-18(23(19(10)31)39-16(30)6-4-11-3-5-13(28)14(29)7-11)12(24(35)36-2)9-37-25(17)40-26-22(34)21(33)20(32)15(8-27)38-26/h3-7,9-10,15,17-23,25-29,31-34H,8H2,1-2H3/t10-,15+,17-,18+,19+,20+,21-,22+,23-,25-,26+/m0/s1. The van der Waals surface area contributed by atoms with E-state index in [1.165, 1.54) is 24.3 Å². The molecule has 0 bridgehead atoms. The third kappa shape index (κ3) is 5.65. The molecule has 220 valence electrons. The lowest BCUT2D eigenvalue weighted by Crippen LogP contribution is -2.60. The molecule has 1 aromatic rings. The normalized spacial score (nSPS) is 37.4. The molecule has 4 rings (SSSR count). The van der Waals surface area contributed by atoms with Crippen LogP contribution in [0.1, 0.15) is 12.5 Å². The van der Waals surface area contributed by atoms with Gasteiger partial charge in [-0.3, -0.25) is 0 Å². The van der Waals surface area contributed by atoms with Crippen LogP contribution >= 0.6 is 0 Å². The van der Waals surface area contributed by atoms with Crippen LogP contribution in [0.15, 0.2) is 36.1 Å². The van der Waals surface area contributed by atoms with E-state index in [1.807, 2.05) is 0 Å². The number of ether oxygens (including phenoxy) is 5. The van der Waals surface area contributed by atoms with Crippen molar-refractivity contribution in [1.29, 1.82) is 0 Å². The lowest BCUT2D eigenvalue weighted by Gasteiger charge is -2.43. The monoisotopic (exact) mass is 568 g/mol. The average Bonchev–Trinajstić information content (AvgIpc) is 3.19. The number of carbonyl (C=O) groups is 2. The smallest absolute Gasteiger partial charge is 0.337 e. The summed E-state index contributed by atoms with van der Waals surface area (Å²) in [6, 6.07) is 3.90. The molecule has 2 fully saturated rings. The van der Waals surface area contributed by atoms with Crippen molar-refractivity contribution in [3.05, 3.63) is 41.7 Å². The highest BCUT2D eigenvalue weighted by Gasteiger charge is 2.59. The summed E-state index contributed by atoms with van der Waals surface area (Å²) in [5, 5.41) is 70.2. The third-order valence-corrected chi connectivity index (χ3v) is 7.45. The molecule has 0 aromatic heterocycles. The highest BCUT2D eigenvalue weighted by atomic mass is 16.8. The average molecular weight is 569 g/mol. The number of phenols is 2. The zero-order valence-corrected chi connectivity index (χ0v) is 21.5. The van der Waals surface area contributed by atoms with Gasteiger partial charge in [0, 0.05) is 17.9 Å². The molecular weight excluding hydrogens is 536 g/mol. The number of aliphatic hydroxyl groups is 5. The van der Waals surface area contributed by atoms with Gasteiger partial charge in [0.25, 0.3) is 0 Å². The summed E-state index contributed by atoms with van der Waals surface area (Å²) < 4.78 is 27.2. The molecule has 0 radical (unpaired) electrons. The van der Waals surface area contributed by atoms with Gasteiger partial charge in [-0.1, -0.05) is 13.0 Å². The molecule has 1 saturated heterocycles. The first-order chi connectivity index (χ1) is 19.0. The molecule has 0 spiro atoms. The number of fused-ring (bicyclic) bond motifs is 1. The van der Waals surface area contributed by atoms with Crippen LogP contribution in [0, 0.1) is 17.8 Å². The highest BCUT2D eigenvalue weighted by molar-refractivity contribution is 5.90. The predicted molar refractivity (Wildman–Crippen MR) is 131 cm³/mol. The summed E-state index contributed by atoms with van der Waals surface area (Å²) in [6.45, 7) is 0.928. The Kier molecular flexibility index (Phi) is 8.99. The summed E-state index contributed by atoms with van der Waals surface area (Å²) in [7, 11) is 1.14. The van der Waals surface area contributed by atoms with Crippen molar-refractivity contribution in [2.45, 2.75) is 56.1 Å². The molecule has 14 nitrogen and oxygen atoms in total. The number of carbonyl (C=O) groups excluding carboxylic acids is 2. The van der Waals surface area contributed by atoms with Crippen LogP contribution in [-0.4, -0.2) is 111 Å². The quantitative estimate of drug-likeness (QED) is 0.113. The SMILES string of the molecule is COC(=O)C1=CO[C@@H](O[C@H]2O[C@H](CO)[C@@H](O)[C@H](O)[C@H]2O)[C@H]2[C@H](C)[C@@H](O)[C@@H](OC(=O)C=Cc3ccc(O)c(O)c3)[C@H]12. The second kappa shape index (κ2) is 12.1. The topological polar surface area (TPSA) is 222 Å². The van der Waals surface area contributed by atoms with E-state index in [0.717, 1.165) is 19.4 Å². The Labute approximate surface area is 228 Å². The number of rotatable bonds is 7. The van der Waals surface area contributed by atoms with Crippen LogP contribution < -0.4 is 0 Å². The van der Waals surface area contributed by atoms with Crippen molar-refractivity contribution in [2.24, 2.45) is 17.8 Å². The molecule has 2 aliphatic heterocycles. The summed E-state index contributed by atoms with van der Waals surface area (Å²) in [4.78, 5) is 25.3. The molecule has 3 aliphatic rings. The minimum absolute atomic E-state index is 0.0465. The van der Waals surface area contributed by atoms with Crippen LogP contribution in [0.25, 0.3) is 6.08 Å². The van der Waals surface area contributed by atoms with E-state index in [9.17, 15) is 45.3 Å². The first kappa shape index (κ1) is 29.7. The summed E-state index contributed by atoms with van der Waals surface area (Å²) >= 11 is 0. The van der Waals surface area contributed by atoms with Gasteiger partial charge < -0.3 is 59.4 Å². The second-order valence-electron chi connectivity index (χ2n) is 9.84. The summed E-state index contributed by atoms with van der Waals surface area (Å²) in [5.74, 6) is -4.96. The molecule has 40 heavy (non-hydrogen) atoms. The van der Waals surface area contributed by atoms with Gasteiger partial charge in [0.1, 0.15) is 30.5 Å². The highest BCUT2D eigenvalue weighted by Crippen LogP contribution is 2.49. The van der Waals surface area contributed by atoms with E-state index >= 15 is 0 Å². The van der Waals surface area contributed by atoms with E-state index in [2.05, 4.69) is 0 Å². The van der Waals surface area contributed by atoms with Crippen molar-refractivity contribution < 1.29 is 69.0 Å². The van der Waals surface area contributed by atoms with Crippen molar-refractivity contribution >= 4 is 18.0 Å². The van der Waals surface area contributed by atoms with Crippen LogP contribution in [0.2, 0.25) is 0 Å². The van der Waals surface area contributed by atoms with E-state index in [1.54, 1.807) is 6.92 Å². The van der Waals surface area contributed by atoms with Gasteiger partial charge in [-0.15, -0.1) is 0 Å². The number of aromatic hydroxyl groups is 2. The molecular formula is C26H32O14. The maximum Gasteiger partial charge on any atom is 0.337 e. The molecule has 7 N–H and O–H groups in total. The molecule has 1 aromatic carbocycles. The molecule has 0 amide bonds. The maximum absolute atomic E-state index is 12.7. The van der Waals surface area contributed by atoms with Gasteiger partial charge in [0.15, 0.2) is 17.8 Å². The van der Waals surface area contributed by atoms with Gasteiger partial charge in [-0.05, 0) is 29.7 Å². The molecule has 0 unspecified atom stereocenters. The van der Waals surface area contributed by atoms with Crippen LogP contribution in [-0.2, 0) is 33.3 Å². The summed E-state index contributed by atoms with van der Waals surface area (Å²) in [5.41, 5.74) is 0.328. The number of hydrogen-bond acceptors (Lipinski definition) is 14. The Bertz CT molecular complexity index is 1150. The van der Waals surface area contributed by atoms with Crippen molar-refractivity contribution in [3.8, 4) is 11.5 Å². The summed E-state index contributed by atoms with van der Waals surface area (Å²) in [6.07, 6.45) is -8.33. The van der Waals surface area contributed by atoms with Gasteiger partial charge in [0.2, 0.25) is 6.29 Å². The van der Waals surface area contributed by atoms with Gasteiger partial charge >= 0.3 is 11.9 Å². The van der Waals surface area contributed by atoms with E-state index < -0.39 is 85.5 Å². The number of hydrogen-bond donors (Lipinski definition) is 7. The Morgan fingerprint density at radius 2 is 1.73 bits per heavy atom. The zero-order chi connectivity index (χ0) is 29.3. The number of esters is 2. The molecule has 1 saturated carbocycles. The van der Waals surface area contributed by atoms with Crippen LogP contribution in [0.4, 0.5) is 0 Å². The van der Waals surface area contributed by atoms with Gasteiger partial charge in [-0.2, -0.15) is 0 Å². The Morgan fingerprint density at radius 3 is 2.38 bits per heavy atom. The number of benzene rings is 1. The van der Waals surface area contributed by atoms with Crippen molar-refractivity contribution in [3.63, 3.8) is 0 Å². The Balaban J connectivity index is 1.57. The minimum atomic E-state index is -1.73. The van der Waals surface area contributed by atoms with Crippen LogP contribution in [0.5, 0.6) is 11.5 Å². The van der Waals surface area contributed by atoms with Crippen LogP contribution in [0.3, 0.4) is 0 Å². The number of phenolic OH excluding ortho intramolecular Hbond substituents is 2. The molecule has 11 atom stereocenters. The fraction of sp³-hybridized carbons (Fsp3) is 0.538. The van der Waals surface area contributed by atoms with Gasteiger partial charge in [-0.25, -0.2) is 9.59 Å². The molecule has 2 heterocycles. The number of methoxy groups -OCH3 is 1.